The van der Waals surface area contributed by atoms with Crippen molar-refractivity contribution < 1.29 is 23.9 Å². The standard InChI is InChI=1S/C29H33NO5/c1-21(2)17-25(26(31)30-24(20-35-28(30)33)18-22-11-5-3-6-12-22)29(15-9-10-16-29)27(32)34-19-23-13-7-4-8-14-23/h3-8,11-14,24-25H,1,9-10,15-20H2,2H3/t24-,25+/m1/s1. The van der Waals surface area contributed by atoms with Gasteiger partial charge in [-0.3, -0.25) is 9.59 Å². The second-order valence-corrected chi connectivity index (χ2v) is 9.77. The number of ether oxygens (including phenoxy) is 2. The highest BCUT2D eigenvalue weighted by Crippen LogP contribution is 2.49. The van der Waals surface area contributed by atoms with E-state index >= 15 is 0 Å². The first-order valence-electron chi connectivity index (χ1n) is 12.3. The van der Waals surface area contributed by atoms with E-state index in [2.05, 4.69) is 6.58 Å². The topological polar surface area (TPSA) is 72.9 Å². The lowest BCUT2D eigenvalue weighted by Gasteiger charge is -2.37. The second-order valence-electron chi connectivity index (χ2n) is 9.77. The molecule has 2 fully saturated rings. The summed E-state index contributed by atoms with van der Waals surface area (Å²) >= 11 is 0. The summed E-state index contributed by atoms with van der Waals surface area (Å²) in [5.74, 6) is -1.46. The third-order valence-corrected chi connectivity index (χ3v) is 7.15. The van der Waals surface area contributed by atoms with E-state index in [4.69, 9.17) is 9.47 Å². The molecule has 2 aliphatic rings. The number of cyclic esters (lactones) is 1. The van der Waals surface area contributed by atoms with Crippen LogP contribution in [0.15, 0.2) is 72.8 Å². The van der Waals surface area contributed by atoms with Gasteiger partial charge in [0.25, 0.3) is 0 Å². The molecule has 2 aromatic carbocycles. The van der Waals surface area contributed by atoms with Crippen molar-refractivity contribution in [2.24, 2.45) is 11.3 Å². The molecule has 1 aliphatic heterocycles. The van der Waals surface area contributed by atoms with Crippen LogP contribution in [0, 0.1) is 11.3 Å². The number of benzene rings is 2. The molecule has 6 nitrogen and oxygen atoms in total. The fourth-order valence-electron chi connectivity index (χ4n) is 5.37. The van der Waals surface area contributed by atoms with E-state index in [1.54, 1.807) is 0 Å². The Balaban J connectivity index is 1.60. The van der Waals surface area contributed by atoms with Crippen molar-refractivity contribution in [1.82, 2.24) is 4.90 Å². The molecule has 1 saturated carbocycles. The molecular formula is C29H33NO5. The van der Waals surface area contributed by atoms with Crippen LogP contribution in [0.4, 0.5) is 4.79 Å². The maximum Gasteiger partial charge on any atom is 0.416 e. The van der Waals surface area contributed by atoms with Crippen molar-refractivity contribution in [3.05, 3.63) is 83.9 Å². The third kappa shape index (κ3) is 5.47. The molecule has 2 atom stereocenters. The SMILES string of the molecule is C=C(C)C[C@@H](C(=O)N1C(=O)OC[C@H]1Cc1ccccc1)C1(C(=O)OCc2ccccc2)CCCC1. The first-order chi connectivity index (χ1) is 16.9. The Hall–Kier alpha value is -3.41. The number of nitrogens with zero attached hydrogens (tertiary/aromatic N) is 1. The van der Waals surface area contributed by atoms with E-state index in [9.17, 15) is 14.4 Å². The lowest BCUT2D eigenvalue weighted by Crippen LogP contribution is -2.50. The van der Waals surface area contributed by atoms with Gasteiger partial charge >= 0.3 is 12.1 Å². The monoisotopic (exact) mass is 475 g/mol. The van der Waals surface area contributed by atoms with Crippen molar-refractivity contribution in [2.75, 3.05) is 6.61 Å². The van der Waals surface area contributed by atoms with Gasteiger partial charge in [0.2, 0.25) is 5.91 Å². The van der Waals surface area contributed by atoms with Crippen molar-refractivity contribution in [3.63, 3.8) is 0 Å². The van der Waals surface area contributed by atoms with Crippen LogP contribution in [-0.2, 0) is 32.1 Å². The fraction of sp³-hybridized carbons (Fsp3) is 0.414. The maximum absolute atomic E-state index is 14.0. The molecule has 0 aromatic heterocycles. The molecule has 1 heterocycles. The predicted octanol–water partition coefficient (Wildman–Crippen LogP) is 5.46. The van der Waals surface area contributed by atoms with E-state index in [1.807, 2.05) is 67.6 Å². The van der Waals surface area contributed by atoms with E-state index in [0.29, 0.717) is 25.7 Å². The van der Waals surface area contributed by atoms with E-state index in [0.717, 1.165) is 29.5 Å². The van der Waals surface area contributed by atoms with Gasteiger partial charge in [-0.1, -0.05) is 79.1 Å². The van der Waals surface area contributed by atoms with E-state index in [-0.39, 0.29) is 25.1 Å². The van der Waals surface area contributed by atoms with Crippen LogP contribution in [-0.4, -0.2) is 35.5 Å². The summed E-state index contributed by atoms with van der Waals surface area (Å²) in [7, 11) is 0. The van der Waals surface area contributed by atoms with Gasteiger partial charge in [0.05, 0.1) is 17.4 Å². The summed E-state index contributed by atoms with van der Waals surface area (Å²) in [6.45, 7) is 6.17. The quantitative estimate of drug-likeness (QED) is 0.356. The van der Waals surface area contributed by atoms with Crippen LogP contribution in [0.1, 0.15) is 50.2 Å². The third-order valence-electron chi connectivity index (χ3n) is 7.15. The molecule has 1 saturated heterocycles. The Bertz CT molecular complexity index is 1060. The van der Waals surface area contributed by atoms with Crippen LogP contribution in [0.3, 0.4) is 0 Å². The van der Waals surface area contributed by atoms with Crippen LogP contribution in [0.5, 0.6) is 0 Å². The number of carbonyl (C=O) groups is 3. The van der Waals surface area contributed by atoms with Crippen molar-refractivity contribution in [3.8, 4) is 0 Å². The summed E-state index contributed by atoms with van der Waals surface area (Å²) in [5.41, 5.74) is 1.72. The van der Waals surface area contributed by atoms with Gasteiger partial charge < -0.3 is 9.47 Å². The smallest absolute Gasteiger partial charge is 0.416 e. The number of hydrogen-bond donors (Lipinski definition) is 0. The first-order valence-corrected chi connectivity index (χ1v) is 12.3. The maximum atomic E-state index is 14.0. The Morgan fingerprint density at radius 3 is 2.26 bits per heavy atom. The number of amides is 2. The first kappa shape index (κ1) is 24.7. The summed E-state index contributed by atoms with van der Waals surface area (Å²) in [5, 5.41) is 0. The highest BCUT2D eigenvalue weighted by atomic mass is 16.6. The molecule has 1 aliphatic carbocycles. The van der Waals surface area contributed by atoms with Crippen molar-refractivity contribution >= 4 is 18.0 Å². The number of hydrogen-bond acceptors (Lipinski definition) is 5. The highest BCUT2D eigenvalue weighted by molar-refractivity contribution is 5.98. The minimum Gasteiger partial charge on any atom is -0.460 e. The molecule has 2 amide bonds. The van der Waals surface area contributed by atoms with Gasteiger partial charge in [0, 0.05) is 0 Å². The summed E-state index contributed by atoms with van der Waals surface area (Å²) in [4.78, 5) is 41.6. The number of carbonyl (C=O) groups excluding carboxylic acids is 3. The van der Waals surface area contributed by atoms with Crippen molar-refractivity contribution in [1.29, 1.82) is 0 Å². The number of rotatable bonds is 9. The lowest BCUT2D eigenvalue weighted by atomic mass is 9.70. The minimum absolute atomic E-state index is 0.144. The molecule has 0 N–H and O–H groups in total. The van der Waals surface area contributed by atoms with Gasteiger partial charge in [0.1, 0.15) is 13.2 Å². The molecule has 0 unspecified atom stereocenters. The van der Waals surface area contributed by atoms with Crippen LogP contribution < -0.4 is 0 Å². The van der Waals surface area contributed by atoms with Crippen molar-refractivity contribution in [2.45, 2.75) is 58.1 Å². The number of imide groups is 1. The van der Waals surface area contributed by atoms with Crippen LogP contribution in [0.2, 0.25) is 0 Å². The van der Waals surface area contributed by atoms with E-state index < -0.39 is 23.5 Å². The number of esters is 1. The van der Waals surface area contributed by atoms with Crippen LogP contribution in [0.25, 0.3) is 0 Å². The summed E-state index contributed by atoms with van der Waals surface area (Å²) in [6.07, 6.45) is 2.95. The molecule has 2 aromatic rings. The fourth-order valence-corrected chi connectivity index (χ4v) is 5.37. The Morgan fingerprint density at radius 1 is 1.06 bits per heavy atom. The normalized spacial score (nSPS) is 19.7. The molecule has 35 heavy (non-hydrogen) atoms. The zero-order valence-corrected chi connectivity index (χ0v) is 20.3. The molecule has 4 rings (SSSR count). The molecule has 0 bridgehead atoms. The molecule has 0 radical (unpaired) electrons. The average Bonchev–Trinajstić information content (AvgIpc) is 3.50. The molecule has 184 valence electrons. The zero-order chi connectivity index (χ0) is 24.8. The Labute approximate surface area is 206 Å². The highest BCUT2D eigenvalue weighted by Gasteiger charge is 2.54. The molecule has 0 spiro atoms. The van der Waals surface area contributed by atoms with Crippen LogP contribution >= 0.6 is 0 Å². The minimum atomic E-state index is -0.981. The van der Waals surface area contributed by atoms with E-state index in [1.165, 1.54) is 4.90 Å². The second kappa shape index (κ2) is 10.9. The zero-order valence-electron chi connectivity index (χ0n) is 20.3. The van der Waals surface area contributed by atoms with Gasteiger partial charge in [0.15, 0.2) is 0 Å². The Kier molecular flexibility index (Phi) is 7.69. The summed E-state index contributed by atoms with van der Waals surface area (Å²) in [6, 6.07) is 18.8. The lowest BCUT2D eigenvalue weighted by molar-refractivity contribution is -0.165. The van der Waals surface area contributed by atoms with Gasteiger partial charge in [-0.15, -0.1) is 6.58 Å². The largest absolute Gasteiger partial charge is 0.460 e. The predicted molar refractivity (Wildman–Crippen MR) is 132 cm³/mol. The van der Waals surface area contributed by atoms with Gasteiger partial charge in [-0.25, -0.2) is 9.69 Å². The van der Waals surface area contributed by atoms with Gasteiger partial charge in [-0.05, 0) is 43.7 Å². The molecule has 6 heteroatoms. The van der Waals surface area contributed by atoms with Gasteiger partial charge in [-0.2, -0.15) is 0 Å². The summed E-state index contributed by atoms with van der Waals surface area (Å²) < 4.78 is 11.1. The Morgan fingerprint density at radius 2 is 1.66 bits per heavy atom. The molecular weight excluding hydrogens is 442 g/mol. The average molecular weight is 476 g/mol. The number of allylic oxidation sites excluding steroid dienone is 1.